The van der Waals surface area contributed by atoms with Crippen LogP contribution in [0.4, 0.5) is 0 Å². The zero-order chi connectivity index (χ0) is 13.4. The molecule has 0 aromatic carbocycles. The van der Waals surface area contributed by atoms with Gasteiger partial charge in [0, 0.05) is 29.9 Å². The highest BCUT2D eigenvalue weighted by Gasteiger charge is 2.42. The third-order valence-corrected chi connectivity index (χ3v) is 4.60. The van der Waals surface area contributed by atoms with E-state index in [9.17, 15) is 9.59 Å². The molecule has 4 nitrogen and oxygen atoms in total. The molecule has 1 saturated carbocycles. The molecular formula is C15H20N2O2. The number of likely N-dealkylation sites (tertiary alicyclic amines) is 1. The molecule has 1 aliphatic heterocycles. The molecule has 1 aliphatic carbocycles. The van der Waals surface area contributed by atoms with Crippen molar-refractivity contribution >= 4 is 5.91 Å². The van der Waals surface area contributed by atoms with Gasteiger partial charge in [-0.1, -0.05) is 12.8 Å². The fourth-order valence-corrected chi connectivity index (χ4v) is 3.79. The summed E-state index contributed by atoms with van der Waals surface area (Å²) in [4.78, 5) is 28.6. The van der Waals surface area contributed by atoms with Crippen molar-refractivity contribution in [1.82, 2.24) is 9.88 Å². The molecule has 0 radical (unpaired) electrons. The first kappa shape index (κ1) is 12.5. The Labute approximate surface area is 112 Å². The van der Waals surface area contributed by atoms with Crippen LogP contribution >= 0.6 is 0 Å². The zero-order valence-electron chi connectivity index (χ0n) is 11.3. The Morgan fingerprint density at radius 2 is 2.16 bits per heavy atom. The largest absolute Gasteiger partial charge is 0.333 e. The maximum Gasteiger partial charge on any atom is 0.254 e. The number of carbonyl (C=O) groups excluding carboxylic acids is 1. The highest BCUT2D eigenvalue weighted by atomic mass is 16.2. The van der Waals surface area contributed by atoms with Gasteiger partial charge in [0.05, 0.1) is 0 Å². The van der Waals surface area contributed by atoms with Crippen molar-refractivity contribution in [2.45, 2.75) is 51.1 Å². The van der Waals surface area contributed by atoms with Crippen LogP contribution in [0.1, 0.15) is 49.4 Å². The number of H-pyrrole nitrogens is 1. The Morgan fingerprint density at radius 3 is 2.95 bits per heavy atom. The van der Waals surface area contributed by atoms with Crippen molar-refractivity contribution in [3.8, 4) is 0 Å². The summed E-state index contributed by atoms with van der Waals surface area (Å²) in [7, 11) is 0. The van der Waals surface area contributed by atoms with Crippen molar-refractivity contribution in [2.24, 2.45) is 5.92 Å². The van der Waals surface area contributed by atoms with Crippen LogP contribution in [0.25, 0.3) is 0 Å². The van der Waals surface area contributed by atoms with Gasteiger partial charge in [-0.3, -0.25) is 9.59 Å². The van der Waals surface area contributed by atoms with Gasteiger partial charge < -0.3 is 9.88 Å². The van der Waals surface area contributed by atoms with Crippen molar-refractivity contribution in [2.75, 3.05) is 0 Å². The normalized spacial score (nSPS) is 30.2. The Kier molecular flexibility index (Phi) is 3.17. The summed E-state index contributed by atoms with van der Waals surface area (Å²) >= 11 is 0. The number of pyridine rings is 1. The first-order chi connectivity index (χ1) is 9.16. The highest BCUT2D eigenvalue weighted by molar-refractivity contribution is 5.94. The fourth-order valence-electron chi connectivity index (χ4n) is 3.79. The number of aromatic amines is 1. The molecule has 2 aliphatic rings. The predicted octanol–water partition coefficient (Wildman–Crippen LogP) is 2.17. The van der Waals surface area contributed by atoms with E-state index in [-0.39, 0.29) is 11.5 Å². The number of hydrogen-bond donors (Lipinski definition) is 1. The lowest BCUT2D eigenvalue weighted by atomic mass is 9.85. The summed E-state index contributed by atoms with van der Waals surface area (Å²) in [5, 5.41) is 0. The van der Waals surface area contributed by atoms with E-state index in [2.05, 4.69) is 11.9 Å². The number of hydrogen-bond acceptors (Lipinski definition) is 2. The Morgan fingerprint density at radius 1 is 1.37 bits per heavy atom. The maximum absolute atomic E-state index is 12.6. The van der Waals surface area contributed by atoms with Gasteiger partial charge in [0.25, 0.3) is 5.91 Å². The standard InChI is InChI=1S/C15H20N2O2/c1-10-8-11-4-2-3-5-13(11)17(10)15(19)12-6-7-16-14(18)9-12/h6-7,9-11,13H,2-5,8H2,1H3,(H,16,18). The first-order valence-electron chi connectivity index (χ1n) is 7.18. The van der Waals surface area contributed by atoms with Crippen LogP contribution in [-0.2, 0) is 0 Å². The van der Waals surface area contributed by atoms with Crippen molar-refractivity contribution in [1.29, 1.82) is 0 Å². The molecule has 3 atom stereocenters. The lowest BCUT2D eigenvalue weighted by molar-refractivity contribution is 0.0633. The summed E-state index contributed by atoms with van der Waals surface area (Å²) in [6.07, 6.45) is 7.53. The molecule has 0 spiro atoms. The van der Waals surface area contributed by atoms with Crippen LogP contribution in [0.5, 0.6) is 0 Å². The molecule has 19 heavy (non-hydrogen) atoms. The zero-order valence-corrected chi connectivity index (χ0v) is 11.3. The van der Waals surface area contributed by atoms with E-state index in [1.54, 1.807) is 12.3 Å². The molecule has 1 aromatic heterocycles. The molecule has 1 saturated heterocycles. The molecule has 102 valence electrons. The van der Waals surface area contributed by atoms with Gasteiger partial charge in [-0.2, -0.15) is 0 Å². The summed E-state index contributed by atoms with van der Waals surface area (Å²) in [6, 6.07) is 3.79. The van der Waals surface area contributed by atoms with E-state index in [0.717, 1.165) is 12.8 Å². The minimum absolute atomic E-state index is 0.0213. The van der Waals surface area contributed by atoms with Crippen LogP contribution < -0.4 is 5.56 Å². The summed E-state index contributed by atoms with van der Waals surface area (Å²) in [5.41, 5.74) is 0.305. The van der Waals surface area contributed by atoms with Crippen LogP contribution in [0, 0.1) is 5.92 Å². The second kappa shape index (κ2) is 4.83. The third-order valence-electron chi connectivity index (χ3n) is 4.60. The van der Waals surface area contributed by atoms with Crippen LogP contribution in [-0.4, -0.2) is 27.9 Å². The van der Waals surface area contributed by atoms with Crippen LogP contribution in [0.2, 0.25) is 0 Å². The molecule has 2 fully saturated rings. The third kappa shape index (κ3) is 2.20. The average molecular weight is 260 g/mol. The van der Waals surface area contributed by atoms with Crippen molar-refractivity contribution in [3.63, 3.8) is 0 Å². The van der Waals surface area contributed by atoms with E-state index in [4.69, 9.17) is 0 Å². The van der Waals surface area contributed by atoms with Gasteiger partial charge in [-0.25, -0.2) is 0 Å². The van der Waals surface area contributed by atoms with E-state index >= 15 is 0 Å². The average Bonchev–Trinajstić information content (AvgIpc) is 2.74. The number of fused-ring (bicyclic) bond motifs is 1. The number of rotatable bonds is 1. The van der Waals surface area contributed by atoms with E-state index in [1.807, 2.05) is 4.90 Å². The van der Waals surface area contributed by atoms with Gasteiger partial charge in [-0.05, 0) is 38.2 Å². The summed E-state index contributed by atoms with van der Waals surface area (Å²) < 4.78 is 0. The highest BCUT2D eigenvalue weighted by Crippen LogP contribution is 2.40. The molecular weight excluding hydrogens is 240 g/mol. The molecule has 1 N–H and O–H groups in total. The molecule has 3 unspecified atom stereocenters. The predicted molar refractivity (Wildman–Crippen MR) is 73.1 cm³/mol. The van der Waals surface area contributed by atoms with Crippen LogP contribution in [0.15, 0.2) is 23.1 Å². The number of nitrogens with zero attached hydrogens (tertiary/aromatic N) is 1. The lowest BCUT2D eigenvalue weighted by Crippen LogP contribution is -2.42. The number of amides is 1. The Balaban J connectivity index is 1.88. The van der Waals surface area contributed by atoms with Crippen LogP contribution in [0.3, 0.4) is 0 Å². The van der Waals surface area contributed by atoms with E-state index < -0.39 is 0 Å². The smallest absolute Gasteiger partial charge is 0.254 e. The van der Waals surface area contributed by atoms with Gasteiger partial charge in [0.2, 0.25) is 5.56 Å². The maximum atomic E-state index is 12.6. The number of carbonyl (C=O) groups is 1. The van der Waals surface area contributed by atoms with Gasteiger partial charge in [0.1, 0.15) is 0 Å². The second-order valence-electron chi connectivity index (χ2n) is 5.85. The first-order valence-corrected chi connectivity index (χ1v) is 7.18. The molecule has 1 aromatic rings. The second-order valence-corrected chi connectivity index (χ2v) is 5.85. The summed E-state index contributed by atoms with van der Waals surface area (Å²) in [6.45, 7) is 2.13. The number of aromatic nitrogens is 1. The van der Waals surface area contributed by atoms with Gasteiger partial charge in [0.15, 0.2) is 0 Å². The SMILES string of the molecule is CC1CC2CCCCC2N1C(=O)c1cc[nH]c(=O)c1. The number of nitrogens with one attached hydrogen (secondary N) is 1. The lowest BCUT2D eigenvalue weighted by Gasteiger charge is -2.33. The molecule has 0 bridgehead atoms. The molecule has 4 heteroatoms. The van der Waals surface area contributed by atoms with Crippen molar-refractivity contribution in [3.05, 3.63) is 34.2 Å². The van der Waals surface area contributed by atoms with Gasteiger partial charge in [-0.15, -0.1) is 0 Å². The topological polar surface area (TPSA) is 53.2 Å². The summed E-state index contributed by atoms with van der Waals surface area (Å²) in [5.74, 6) is 0.683. The Bertz CT molecular complexity index is 537. The quantitative estimate of drug-likeness (QED) is 0.841. The molecule has 1 amide bonds. The molecule has 3 rings (SSSR count). The molecule has 2 heterocycles. The Hall–Kier alpha value is -1.58. The minimum Gasteiger partial charge on any atom is -0.333 e. The monoisotopic (exact) mass is 260 g/mol. The minimum atomic E-state index is -0.210. The van der Waals surface area contributed by atoms with E-state index in [0.29, 0.717) is 23.6 Å². The van der Waals surface area contributed by atoms with Crippen molar-refractivity contribution < 1.29 is 4.79 Å². The van der Waals surface area contributed by atoms with Gasteiger partial charge >= 0.3 is 0 Å². The fraction of sp³-hybridized carbons (Fsp3) is 0.600. The van der Waals surface area contributed by atoms with E-state index in [1.165, 1.54) is 25.3 Å².